The normalized spacial score (nSPS) is 18.1. The molecule has 1 rings (SSSR count). The van der Waals surface area contributed by atoms with Gasteiger partial charge in [0.2, 0.25) is 0 Å². The van der Waals surface area contributed by atoms with Gasteiger partial charge in [0, 0.05) is 5.71 Å². The van der Waals surface area contributed by atoms with E-state index in [9.17, 15) is 0 Å². The first-order valence-electron chi connectivity index (χ1n) is 5.05. The van der Waals surface area contributed by atoms with E-state index in [2.05, 4.69) is 25.1 Å². The molecule has 1 fully saturated rings. The van der Waals surface area contributed by atoms with Crippen molar-refractivity contribution in [2.24, 2.45) is 4.99 Å². The number of hydrogen-bond donors (Lipinski definition) is 0. The standard InChI is InChI=1S/C12H19N/c1-4-12(3,5-2)13-11-9-7-6-8-10-11/h4-5H,1-2,6-10H2,3H3. The van der Waals surface area contributed by atoms with Crippen molar-refractivity contribution in [2.75, 3.05) is 0 Å². The Morgan fingerprint density at radius 1 is 1.15 bits per heavy atom. The molecule has 1 nitrogen and oxygen atoms in total. The lowest BCUT2D eigenvalue weighted by atomic mass is 9.96. The summed E-state index contributed by atoms with van der Waals surface area (Å²) in [6.07, 6.45) is 10.0. The quantitative estimate of drug-likeness (QED) is 0.585. The molecule has 0 N–H and O–H groups in total. The maximum absolute atomic E-state index is 4.69. The zero-order chi connectivity index (χ0) is 9.73. The lowest BCUT2D eigenvalue weighted by Crippen LogP contribution is -2.18. The van der Waals surface area contributed by atoms with E-state index < -0.39 is 0 Å². The van der Waals surface area contributed by atoms with E-state index in [-0.39, 0.29) is 5.54 Å². The van der Waals surface area contributed by atoms with Crippen LogP contribution in [0.1, 0.15) is 39.0 Å². The summed E-state index contributed by atoms with van der Waals surface area (Å²) in [4.78, 5) is 4.69. The van der Waals surface area contributed by atoms with Gasteiger partial charge in [0.25, 0.3) is 0 Å². The third kappa shape index (κ3) is 2.83. The van der Waals surface area contributed by atoms with Gasteiger partial charge in [-0.25, -0.2) is 0 Å². The van der Waals surface area contributed by atoms with Gasteiger partial charge in [0.15, 0.2) is 0 Å². The fraction of sp³-hybridized carbons (Fsp3) is 0.583. The van der Waals surface area contributed by atoms with Crippen molar-refractivity contribution in [3.05, 3.63) is 25.3 Å². The molecule has 0 aromatic heterocycles. The molecule has 1 aliphatic carbocycles. The van der Waals surface area contributed by atoms with Gasteiger partial charge in [0.05, 0.1) is 5.54 Å². The second kappa shape index (κ2) is 4.40. The summed E-state index contributed by atoms with van der Waals surface area (Å²) in [5, 5.41) is 0. The van der Waals surface area contributed by atoms with Crippen molar-refractivity contribution >= 4 is 5.71 Å². The molecule has 0 bridgehead atoms. The molecule has 1 aliphatic rings. The molecule has 0 saturated heterocycles. The second-order valence-corrected chi connectivity index (χ2v) is 3.87. The van der Waals surface area contributed by atoms with Crippen molar-refractivity contribution < 1.29 is 0 Å². The Hall–Kier alpha value is -0.850. The maximum Gasteiger partial charge on any atom is 0.0934 e. The third-order valence-electron chi connectivity index (χ3n) is 2.66. The predicted molar refractivity (Wildman–Crippen MR) is 59.3 cm³/mol. The molecule has 0 unspecified atom stereocenters. The smallest absolute Gasteiger partial charge is 0.0934 e. The Labute approximate surface area is 81.3 Å². The zero-order valence-corrected chi connectivity index (χ0v) is 8.55. The van der Waals surface area contributed by atoms with Crippen LogP contribution in [-0.2, 0) is 0 Å². The van der Waals surface area contributed by atoms with Crippen LogP contribution < -0.4 is 0 Å². The van der Waals surface area contributed by atoms with E-state index in [4.69, 9.17) is 0 Å². The van der Waals surface area contributed by atoms with E-state index in [1.807, 2.05) is 12.2 Å². The van der Waals surface area contributed by atoms with Crippen molar-refractivity contribution in [1.82, 2.24) is 0 Å². The summed E-state index contributed by atoms with van der Waals surface area (Å²) in [5.41, 5.74) is 1.10. The van der Waals surface area contributed by atoms with E-state index in [1.165, 1.54) is 25.0 Å². The van der Waals surface area contributed by atoms with Gasteiger partial charge in [-0.1, -0.05) is 18.6 Å². The largest absolute Gasteiger partial charge is 0.279 e. The molecule has 0 spiro atoms. The van der Waals surface area contributed by atoms with Gasteiger partial charge in [-0.15, -0.1) is 13.2 Å². The molecule has 0 atom stereocenters. The minimum Gasteiger partial charge on any atom is -0.279 e. The van der Waals surface area contributed by atoms with Crippen LogP contribution in [0, 0.1) is 0 Å². The van der Waals surface area contributed by atoms with Crippen molar-refractivity contribution in [3.63, 3.8) is 0 Å². The molecule has 1 heteroatoms. The van der Waals surface area contributed by atoms with Gasteiger partial charge in [-0.05, 0) is 32.6 Å². The molecule has 0 aromatic carbocycles. The van der Waals surface area contributed by atoms with Crippen LogP contribution >= 0.6 is 0 Å². The van der Waals surface area contributed by atoms with E-state index >= 15 is 0 Å². The Bertz CT molecular complexity index is 209. The fourth-order valence-electron chi connectivity index (χ4n) is 1.59. The minimum atomic E-state index is -0.243. The van der Waals surface area contributed by atoms with Crippen LogP contribution in [0.15, 0.2) is 30.3 Å². The van der Waals surface area contributed by atoms with Crippen LogP contribution in [0.3, 0.4) is 0 Å². The van der Waals surface area contributed by atoms with Crippen molar-refractivity contribution in [2.45, 2.75) is 44.6 Å². The van der Waals surface area contributed by atoms with Crippen LogP contribution in [0.4, 0.5) is 0 Å². The third-order valence-corrected chi connectivity index (χ3v) is 2.66. The Balaban J connectivity index is 2.70. The maximum atomic E-state index is 4.69. The van der Waals surface area contributed by atoms with Crippen molar-refractivity contribution in [3.8, 4) is 0 Å². The lowest BCUT2D eigenvalue weighted by molar-refractivity contribution is 0.645. The summed E-state index contributed by atoms with van der Waals surface area (Å²) in [6, 6.07) is 0. The number of hydrogen-bond acceptors (Lipinski definition) is 1. The molecule has 0 amide bonds. The molecule has 0 heterocycles. The summed E-state index contributed by atoms with van der Waals surface area (Å²) < 4.78 is 0. The predicted octanol–water partition coefficient (Wildman–Crippen LogP) is 3.52. The highest BCUT2D eigenvalue weighted by Gasteiger charge is 2.15. The molecule has 13 heavy (non-hydrogen) atoms. The van der Waals surface area contributed by atoms with Gasteiger partial charge < -0.3 is 0 Å². The van der Waals surface area contributed by atoms with Crippen LogP contribution in [0.25, 0.3) is 0 Å². The number of nitrogens with zero attached hydrogens (tertiary/aromatic N) is 1. The molecular formula is C12H19N. The van der Waals surface area contributed by atoms with Gasteiger partial charge in [0.1, 0.15) is 0 Å². The van der Waals surface area contributed by atoms with Gasteiger partial charge in [-0.3, -0.25) is 4.99 Å². The molecular weight excluding hydrogens is 158 g/mol. The van der Waals surface area contributed by atoms with Gasteiger partial charge >= 0.3 is 0 Å². The second-order valence-electron chi connectivity index (χ2n) is 3.87. The molecule has 72 valence electrons. The first-order valence-corrected chi connectivity index (χ1v) is 5.05. The fourth-order valence-corrected chi connectivity index (χ4v) is 1.59. The highest BCUT2D eigenvalue weighted by Crippen LogP contribution is 2.20. The summed E-state index contributed by atoms with van der Waals surface area (Å²) in [6.45, 7) is 9.63. The summed E-state index contributed by atoms with van der Waals surface area (Å²) in [5.74, 6) is 0. The Morgan fingerprint density at radius 2 is 1.69 bits per heavy atom. The molecule has 0 aromatic rings. The monoisotopic (exact) mass is 177 g/mol. The molecule has 0 aliphatic heterocycles. The first kappa shape index (κ1) is 10.2. The average molecular weight is 177 g/mol. The summed E-state index contributed by atoms with van der Waals surface area (Å²) in [7, 11) is 0. The first-order chi connectivity index (χ1) is 6.20. The van der Waals surface area contributed by atoms with Crippen LogP contribution in [0.5, 0.6) is 0 Å². The average Bonchev–Trinajstić information content (AvgIpc) is 2.19. The Morgan fingerprint density at radius 3 is 2.15 bits per heavy atom. The topological polar surface area (TPSA) is 12.4 Å². The van der Waals surface area contributed by atoms with Crippen LogP contribution in [-0.4, -0.2) is 11.3 Å². The van der Waals surface area contributed by atoms with Crippen LogP contribution in [0.2, 0.25) is 0 Å². The van der Waals surface area contributed by atoms with Gasteiger partial charge in [-0.2, -0.15) is 0 Å². The lowest BCUT2D eigenvalue weighted by Gasteiger charge is -2.20. The van der Waals surface area contributed by atoms with E-state index in [0.29, 0.717) is 0 Å². The highest BCUT2D eigenvalue weighted by molar-refractivity contribution is 5.85. The highest BCUT2D eigenvalue weighted by atomic mass is 14.8. The van der Waals surface area contributed by atoms with E-state index in [0.717, 1.165) is 12.8 Å². The van der Waals surface area contributed by atoms with Crippen molar-refractivity contribution in [1.29, 1.82) is 0 Å². The Kier molecular flexibility index (Phi) is 3.47. The SMILES string of the molecule is C=CC(C)(C=C)N=C1CCCCC1. The minimum absolute atomic E-state index is 0.243. The molecule has 1 saturated carbocycles. The van der Waals surface area contributed by atoms with E-state index in [1.54, 1.807) is 0 Å². The number of aliphatic imine (C=N–C) groups is 1. The summed E-state index contributed by atoms with van der Waals surface area (Å²) >= 11 is 0. The number of rotatable bonds is 3. The zero-order valence-electron chi connectivity index (χ0n) is 8.55. The molecule has 0 radical (unpaired) electrons.